The topological polar surface area (TPSA) is 48.7 Å². The van der Waals surface area contributed by atoms with Gasteiger partial charge in [0.1, 0.15) is 6.07 Å². The summed E-state index contributed by atoms with van der Waals surface area (Å²) < 4.78 is 0. The summed E-state index contributed by atoms with van der Waals surface area (Å²) in [6.45, 7) is 1.97. The van der Waals surface area contributed by atoms with Crippen molar-refractivity contribution in [3.05, 3.63) is 24.0 Å². The Morgan fingerprint density at radius 2 is 2.50 bits per heavy atom. The van der Waals surface area contributed by atoms with Crippen molar-refractivity contribution >= 4 is 5.69 Å². The molecule has 0 aliphatic rings. The van der Waals surface area contributed by atoms with E-state index in [9.17, 15) is 0 Å². The molecule has 70 valence electrons. The van der Waals surface area contributed by atoms with Gasteiger partial charge in [-0.3, -0.25) is 4.98 Å². The van der Waals surface area contributed by atoms with E-state index in [-0.39, 0.29) is 6.04 Å². The molecule has 1 N–H and O–H groups in total. The van der Waals surface area contributed by atoms with Crippen LogP contribution in [0.25, 0.3) is 0 Å². The molecule has 0 radical (unpaired) electrons. The second-order valence-corrected chi connectivity index (χ2v) is 2.99. The van der Waals surface area contributed by atoms with Crippen molar-refractivity contribution in [2.45, 2.75) is 19.4 Å². The minimum atomic E-state index is 0.149. The van der Waals surface area contributed by atoms with Gasteiger partial charge in [-0.15, -0.1) is 12.3 Å². The summed E-state index contributed by atoms with van der Waals surface area (Å²) in [4.78, 5) is 3.94. The van der Waals surface area contributed by atoms with Crippen LogP contribution in [0.4, 0.5) is 5.69 Å². The Balaban J connectivity index is 2.77. The van der Waals surface area contributed by atoms with Crippen LogP contribution in [0.1, 0.15) is 18.9 Å². The van der Waals surface area contributed by atoms with Crippen molar-refractivity contribution in [1.82, 2.24) is 4.98 Å². The van der Waals surface area contributed by atoms with E-state index in [2.05, 4.69) is 22.3 Å². The predicted octanol–water partition coefficient (Wildman–Crippen LogP) is 1.78. The van der Waals surface area contributed by atoms with Gasteiger partial charge < -0.3 is 5.32 Å². The van der Waals surface area contributed by atoms with Gasteiger partial charge >= 0.3 is 0 Å². The first-order chi connectivity index (χ1) is 6.77. The molecule has 14 heavy (non-hydrogen) atoms. The summed E-state index contributed by atoms with van der Waals surface area (Å²) in [5, 5.41) is 11.9. The van der Waals surface area contributed by atoms with E-state index < -0.39 is 0 Å². The highest BCUT2D eigenvalue weighted by Gasteiger charge is 2.04. The zero-order valence-corrected chi connectivity index (χ0v) is 7.99. The lowest BCUT2D eigenvalue weighted by Gasteiger charge is -2.12. The lowest BCUT2D eigenvalue weighted by molar-refractivity contribution is 0.827. The fourth-order valence-electron chi connectivity index (χ4n) is 1.10. The third-order valence-electron chi connectivity index (χ3n) is 1.77. The number of hydrogen-bond acceptors (Lipinski definition) is 3. The molecule has 0 spiro atoms. The largest absolute Gasteiger partial charge is 0.379 e. The van der Waals surface area contributed by atoms with E-state index in [1.54, 1.807) is 18.5 Å². The molecule has 1 atom stereocenters. The molecular weight excluding hydrogens is 174 g/mol. The Morgan fingerprint density at radius 1 is 1.71 bits per heavy atom. The number of nitrogens with one attached hydrogen (secondary N) is 1. The molecule has 0 bridgehead atoms. The highest BCUT2D eigenvalue weighted by atomic mass is 14.9. The third kappa shape index (κ3) is 2.50. The molecule has 1 aromatic rings. The number of aromatic nitrogens is 1. The van der Waals surface area contributed by atoms with Crippen LogP contribution >= 0.6 is 0 Å². The highest BCUT2D eigenvalue weighted by Crippen LogP contribution is 2.13. The standard InChI is InChI=1S/C11H11N3/c1-3-4-9(2)14-11-8-13-6-5-10(11)7-12/h1,5-6,8-9,14H,4H2,2H3. The lowest BCUT2D eigenvalue weighted by Crippen LogP contribution is -2.15. The van der Waals surface area contributed by atoms with Gasteiger partial charge in [0.15, 0.2) is 0 Å². The Bertz CT molecular complexity index is 384. The average molecular weight is 185 g/mol. The van der Waals surface area contributed by atoms with Gasteiger partial charge in [0.05, 0.1) is 17.4 Å². The molecule has 0 fully saturated rings. The summed E-state index contributed by atoms with van der Waals surface area (Å²) in [6, 6.07) is 3.91. The number of hydrogen-bond donors (Lipinski definition) is 1. The Hall–Kier alpha value is -2.00. The van der Waals surface area contributed by atoms with Crippen molar-refractivity contribution < 1.29 is 0 Å². The molecule has 0 aliphatic heterocycles. The van der Waals surface area contributed by atoms with Gasteiger partial charge in [0.25, 0.3) is 0 Å². The first-order valence-electron chi connectivity index (χ1n) is 4.32. The van der Waals surface area contributed by atoms with E-state index >= 15 is 0 Å². The highest BCUT2D eigenvalue weighted by molar-refractivity contribution is 5.55. The number of rotatable bonds is 3. The first kappa shape index (κ1) is 10.1. The van der Waals surface area contributed by atoms with Crippen LogP contribution in [0.5, 0.6) is 0 Å². The number of anilines is 1. The molecule has 1 heterocycles. The molecule has 0 saturated carbocycles. The predicted molar refractivity (Wildman–Crippen MR) is 55.5 cm³/mol. The van der Waals surface area contributed by atoms with Crippen molar-refractivity contribution in [3.63, 3.8) is 0 Å². The van der Waals surface area contributed by atoms with Gasteiger partial charge in [-0.1, -0.05) is 0 Å². The fourth-order valence-corrected chi connectivity index (χ4v) is 1.10. The van der Waals surface area contributed by atoms with Crippen LogP contribution in [0.15, 0.2) is 18.5 Å². The van der Waals surface area contributed by atoms with Gasteiger partial charge in [-0.05, 0) is 13.0 Å². The van der Waals surface area contributed by atoms with Crippen molar-refractivity contribution in [2.75, 3.05) is 5.32 Å². The van der Waals surface area contributed by atoms with Gasteiger partial charge in [-0.2, -0.15) is 5.26 Å². The zero-order chi connectivity index (χ0) is 10.4. The summed E-state index contributed by atoms with van der Waals surface area (Å²) in [6.07, 6.45) is 9.03. The van der Waals surface area contributed by atoms with Crippen LogP contribution in [-0.2, 0) is 0 Å². The smallest absolute Gasteiger partial charge is 0.101 e. The van der Waals surface area contributed by atoms with E-state index in [0.717, 1.165) is 5.69 Å². The second-order valence-electron chi connectivity index (χ2n) is 2.99. The van der Waals surface area contributed by atoms with Crippen LogP contribution < -0.4 is 5.32 Å². The minimum absolute atomic E-state index is 0.149. The fraction of sp³-hybridized carbons (Fsp3) is 0.273. The van der Waals surface area contributed by atoms with Gasteiger partial charge in [0, 0.05) is 18.7 Å². The molecule has 0 aliphatic carbocycles. The van der Waals surface area contributed by atoms with E-state index in [1.165, 1.54) is 0 Å². The SMILES string of the molecule is C#CCC(C)Nc1cnccc1C#N. The molecule has 0 amide bonds. The number of nitriles is 1. The Labute approximate surface area is 83.8 Å². The van der Waals surface area contributed by atoms with Crippen LogP contribution in [0, 0.1) is 23.7 Å². The second kappa shape index (κ2) is 4.89. The van der Waals surface area contributed by atoms with Gasteiger partial charge in [-0.25, -0.2) is 0 Å². The molecule has 0 aromatic carbocycles. The van der Waals surface area contributed by atoms with Crippen molar-refractivity contribution in [3.8, 4) is 18.4 Å². The Morgan fingerprint density at radius 3 is 3.14 bits per heavy atom. The monoisotopic (exact) mass is 185 g/mol. The molecule has 0 saturated heterocycles. The summed E-state index contributed by atoms with van der Waals surface area (Å²) in [7, 11) is 0. The van der Waals surface area contributed by atoms with Crippen molar-refractivity contribution in [2.24, 2.45) is 0 Å². The van der Waals surface area contributed by atoms with E-state index in [4.69, 9.17) is 11.7 Å². The maximum absolute atomic E-state index is 8.80. The first-order valence-corrected chi connectivity index (χ1v) is 4.32. The van der Waals surface area contributed by atoms with Crippen molar-refractivity contribution in [1.29, 1.82) is 5.26 Å². The van der Waals surface area contributed by atoms with Crippen LogP contribution in [0.2, 0.25) is 0 Å². The van der Waals surface area contributed by atoms with E-state index in [0.29, 0.717) is 12.0 Å². The normalized spacial score (nSPS) is 11.1. The minimum Gasteiger partial charge on any atom is -0.379 e. The quantitative estimate of drug-likeness (QED) is 0.730. The van der Waals surface area contributed by atoms with Gasteiger partial charge in [0.2, 0.25) is 0 Å². The molecule has 1 unspecified atom stereocenters. The maximum atomic E-state index is 8.80. The zero-order valence-electron chi connectivity index (χ0n) is 7.99. The molecule has 1 rings (SSSR count). The molecule has 1 aromatic heterocycles. The van der Waals surface area contributed by atoms with Crippen LogP contribution in [-0.4, -0.2) is 11.0 Å². The molecule has 3 heteroatoms. The number of pyridine rings is 1. The average Bonchev–Trinajstić information content (AvgIpc) is 2.19. The summed E-state index contributed by atoms with van der Waals surface area (Å²) >= 11 is 0. The summed E-state index contributed by atoms with van der Waals surface area (Å²) in [5.41, 5.74) is 1.32. The lowest BCUT2D eigenvalue weighted by atomic mass is 10.2. The van der Waals surface area contributed by atoms with E-state index in [1.807, 2.05) is 6.92 Å². The molecule has 3 nitrogen and oxygen atoms in total. The maximum Gasteiger partial charge on any atom is 0.101 e. The third-order valence-corrected chi connectivity index (χ3v) is 1.77. The number of terminal acetylenes is 1. The summed E-state index contributed by atoms with van der Waals surface area (Å²) in [5.74, 6) is 2.56. The number of nitrogens with zero attached hydrogens (tertiary/aromatic N) is 2. The molecular formula is C11H11N3. The van der Waals surface area contributed by atoms with Crippen LogP contribution in [0.3, 0.4) is 0 Å². The Kier molecular flexibility index (Phi) is 3.52.